The van der Waals surface area contributed by atoms with Crippen LogP contribution in [0.4, 0.5) is 0 Å². The third-order valence-corrected chi connectivity index (χ3v) is 3.90. The highest BCUT2D eigenvalue weighted by Crippen LogP contribution is 2.17. The van der Waals surface area contributed by atoms with E-state index in [0.29, 0.717) is 23.9 Å². The first-order chi connectivity index (χ1) is 12.1. The molecule has 1 heterocycles. The Labute approximate surface area is 145 Å². The molecule has 0 saturated carbocycles. The maximum atomic E-state index is 12.8. The number of aromatic nitrogens is 2. The first-order valence-electron chi connectivity index (χ1n) is 8.04. The minimum atomic E-state index is -0.304. The molecule has 3 rings (SSSR count). The SMILES string of the molecule is CCOc1ccc(CN(C)C(=O)c2n[nH]c(=O)c3ccccc23)cc1. The number of rotatable bonds is 5. The Morgan fingerprint density at radius 2 is 1.80 bits per heavy atom. The summed E-state index contributed by atoms with van der Waals surface area (Å²) in [4.78, 5) is 26.2. The minimum Gasteiger partial charge on any atom is -0.494 e. The average molecular weight is 337 g/mol. The number of hydrogen-bond donors (Lipinski definition) is 1. The summed E-state index contributed by atoms with van der Waals surface area (Å²) >= 11 is 0. The van der Waals surface area contributed by atoms with E-state index in [4.69, 9.17) is 4.74 Å². The van der Waals surface area contributed by atoms with E-state index in [1.807, 2.05) is 31.2 Å². The van der Waals surface area contributed by atoms with Gasteiger partial charge in [0.15, 0.2) is 5.69 Å². The lowest BCUT2D eigenvalue weighted by Crippen LogP contribution is -2.28. The normalized spacial score (nSPS) is 10.6. The van der Waals surface area contributed by atoms with Crippen molar-refractivity contribution in [2.24, 2.45) is 0 Å². The van der Waals surface area contributed by atoms with E-state index in [9.17, 15) is 9.59 Å². The first-order valence-corrected chi connectivity index (χ1v) is 8.04. The zero-order valence-electron chi connectivity index (χ0n) is 14.2. The van der Waals surface area contributed by atoms with E-state index >= 15 is 0 Å². The largest absolute Gasteiger partial charge is 0.494 e. The molecule has 0 radical (unpaired) electrons. The molecule has 3 aromatic rings. The van der Waals surface area contributed by atoms with Crippen molar-refractivity contribution in [2.75, 3.05) is 13.7 Å². The number of H-pyrrole nitrogens is 1. The van der Waals surface area contributed by atoms with Gasteiger partial charge in [0, 0.05) is 19.0 Å². The third kappa shape index (κ3) is 3.52. The van der Waals surface area contributed by atoms with E-state index in [1.54, 1.807) is 36.2 Å². The molecule has 0 spiro atoms. The van der Waals surface area contributed by atoms with E-state index in [2.05, 4.69) is 10.2 Å². The average Bonchev–Trinajstić information content (AvgIpc) is 2.63. The minimum absolute atomic E-state index is 0.239. The van der Waals surface area contributed by atoms with Crippen LogP contribution in [0.15, 0.2) is 53.3 Å². The summed E-state index contributed by atoms with van der Waals surface area (Å²) in [6.07, 6.45) is 0. The first kappa shape index (κ1) is 16.7. The van der Waals surface area contributed by atoms with Crippen LogP contribution < -0.4 is 10.3 Å². The van der Waals surface area contributed by atoms with Gasteiger partial charge in [0.05, 0.1) is 12.0 Å². The summed E-state index contributed by atoms with van der Waals surface area (Å²) < 4.78 is 5.42. The molecule has 128 valence electrons. The summed E-state index contributed by atoms with van der Waals surface area (Å²) in [7, 11) is 1.71. The Morgan fingerprint density at radius 1 is 1.12 bits per heavy atom. The fourth-order valence-electron chi connectivity index (χ4n) is 2.66. The molecule has 1 aromatic heterocycles. The number of nitrogens with one attached hydrogen (secondary N) is 1. The Bertz CT molecular complexity index is 948. The molecule has 25 heavy (non-hydrogen) atoms. The summed E-state index contributed by atoms with van der Waals surface area (Å²) in [6, 6.07) is 14.6. The lowest BCUT2D eigenvalue weighted by atomic mass is 10.1. The predicted octanol–water partition coefficient (Wildman–Crippen LogP) is 2.59. The van der Waals surface area contributed by atoms with Gasteiger partial charge in [0.2, 0.25) is 0 Å². The van der Waals surface area contributed by atoms with E-state index in [-0.39, 0.29) is 17.2 Å². The second kappa shape index (κ2) is 7.17. The number of amides is 1. The Morgan fingerprint density at radius 3 is 2.48 bits per heavy atom. The molecular weight excluding hydrogens is 318 g/mol. The lowest BCUT2D eigenvalue weighted by Gasteiger charge is -2.17. The van der Waals surface area contributed by atoms with Crippen molar-refractivity contribution in [3.8, 4) is 5.75 Å². The van der Waals surface area contributed by atoms with Gasteiger partial charge >= 0.3 is 0 Å². The Hall–Kier alpha value is -3.15. The number of ether oxygens (including phenoxy) is 1. The molecule has 0 unspecified atom stereocenters. The smallest absolute Gasteiger partial charge is 0.274 e. The van der Waals surface area contributed by atoms with Gasteiger partial charge in [0.1, 0.15) is 5.75 Å². The highest BCUT2D eigenvalue weighted by molar-refractivity contribution is 6.04. The molecule has 1 N–H and O–H groups in total. The van der Waals surface area contributed by atoms with Gasteiger partial charge in [-0.15, -0.1) is 0 Å². The van der Waals surface area contributed by atoms with Gasteiger partial charge < -0.3 is 9.64 Å². The molecule has 6 heteroatoms. The van der Waals surface area contributed by atoms with Crippen molar-refractivity contribution in [3.05, 3.63) is 70.1 Å². The fraction of sp³-hybridized carbons (Fsp3) is 0.211. The van der Waals surface area contributed by atoms with Crippen LogP contribution in [0.2, 0.25) is 0 Å². The second-order valence-corrected chi connectivity index (χ2v) is 5.69. The number of benzene rings is 2. The summed E-state index contributed by atoms with van der Waals surface area (Å²) in [5.74, 6) is 0.551. The molecule has 0 fully saturated rings. The van der Waals surface area contributed by atoms with Gasteiger partial charge in [-0.1, -0.05) is 30.3 Å². The maximum absolute atomic E-state index is 12.8. The van der Waals surface area contributed by atoms with Crippen molar-refractivity contribution in [1.29, 1.82) is 0 Å². The molecule has 0 saturated heterocycles. The predicted molar refractivity (Wildman–Crippen MR) is 95.8 cm³/mol. The van der Waals surface area contributed by atoms with Gasteiger partial charge in [-0.2, -0.15) is 5.10 Å². The summed E-state index contributed by atoms with van der Waals surface area (Å²) in [6.45, 7) is 2.98. The number of hydrogen-bond acceptors (Lipinski definition) is 4. The number of fused-ring (bicyclic) bond motifs is 1. The van der Waals surface area contributed by atoms with Crippen LogP contribution >= 0.6 is 0 Å². The summed E-state index contributed by atoms with van der Waals surface area (Å²) in [5.41, 5.74) is 0.915. The van der Waals surface area contributed by atoms with Crippen LogP contribution in [-0.2, 0) is 6.54 Å². The second-order valence-electron chi connectivity index (χ2n) is 5.69. The van der Waals surface area contributed by atoms with Crippen LogP contribution in [0, 0.1) is 0 Å². The highest BCUT2D eigenvalue weighted by atomic mass is 16.5. The fourth-order valence-corrected chi connectivity index (χ4v) is 2.66. The topological polar surface area (TPSA) is 75.3 Å². The Kier molecular flexibility index (Phi) is 4.79. The quantitative estimate of drug-likeness (QED) is 0.776. The lowest BCUT2D eigenvalue weighted by molar-refractivity contribution is 0.0780. The Balaban J connectivity index is 1.83. The maximum Gasteiger partial charge on any atom is 0.274 e. The van der Waals surface area contributed by atoms with Crippen LogP contribution in [0.5, 0.6) is 5.75 Å². The van der Waals surface area contributed by atoms with Crippen LogP contribution in [0.1, 0.15) is 23.0 Å². The molecule has 1 amide bonds. The standard InChI is InChI=1S/C19H19N3O3/c1-3-25-14-10-8-13(9-11-14)12-22(2)19(24)17-15-6-4-5-7-16(15)18(23)21-20-17/h4-11H,3,12H2,1-2H3,(H,21,23). The van der Waals surface area contributed by atoms with Crippen LogP contribution in [0.3, 0.4) is 0 Å². The molecule has 0 aliphatic carbocycles. The molecule has 2 aromatic carbocycles. The van der Waals surface area contributed by atoms with Crippen molar-refractivity contribution in [1.82, 2.24) is 15.1 Å². The highest BCUT2D eigenvalue weighted by Gasteiger charge is 2.18. The summed E-state index contributed by atoms with van der Waals surface area (Å²) in [5, 5.41) is 7.36. The van der Waals surface area contributed by atoms with E-state index < -0.39 is 0 Å². The van der Waals surface area contributed by atoms with Gasteiger partial charge in [0.25, 0.3) is 11.5 Å². The molecule has 0 aliphatic rings. The van der Waals surface area contributed by atoms with E-state index in [0.717, 1.165) is 11.3 Å². The molecule has 0 bridgehead atoms. The number of nitrogens with zero attached hydrogens (tertiary/aromatic N) is 2. The molecule has 0 aliphatic heterocycles. The molecular formula is C19H19N3O3. The van der Waals surface area contributed by atoms with Gasteiger partial charge in [-0.3, -0.25) is 9.59 Å². The monoisotopic (exact) mass is 337 g/mol. The van der Waals surface area contributed by atoms with Crippen molar-refractivity contribution in [2.45, 2.75) is 13.5 Å². The van der Waals surface area contributed by atoms with Crippen LogP contribution in [-0.4, -0.2) is 34.7 Å². The van der Waals surface area contributed by atoms with Crippen LogP contribution in [0.25, 0.3) is 10.8 Å². The number of carbonyl (C=O) groups is 1. The molecule has 6 nitrogen and oxygen atoms in total. The zero-order valence-corrected chi connectivity index (χ0v) is 14.2. The van der Waals surface area contributed by atoms with Gasteiger partial charge in [-0.25, -0.2) is 5.10 Å². The van der Waals surface area contributed by atoms with Crippen molar-refractivity contribution in [3.63, 3.8) is 0 Å². The number of carbonyl (C=O) groups excluding carboxylic acids is 1. The van der Waals surface area contributed by atoms with Gasteiger partial charge in [-0.05, 0) is 30.7 Å². The van der Waals surface area contributed by atoms with E-state index in [1.165, 1.54) is 0 Å². The van der Waals surface area contributed by atoms with Crippen molar-refractivity contribution >= 4 is 16.7 Å². The van der Waals surface area contributed by atoms with Crippen molar-refractivity contribution < 1.29 is 9.53 Å². The zero-order chi connectivity index (χ0) is 17.8. The number of aromatic amines is 1. The third-order valence-electron chi connectivity index (χ3n) is 3.90. The molecule has 0 atom stereocenters.